The predicted octanol–water partition coefficient (Wildman–Crippen LogP) is 11.8. The molecule has 0 aliphatic carbocycles. The van der Waals surface area contributed by atoms with E-state index in [9.17, 15) is 19.0 Å². The number of phosphoric ester groups is 1. The van der Waals surface area contributed by atoms with E-state index in [0.717, 1.165) is 51.4 Å². The van der Waals surface area contributed by atoms with Gasteiger partial charge in [0.2, 0.25) is 0 Å². The van der Waals surface area contributed by atoms with Gasteiger partial charge in [-0.05, 0) is 57.1 Å². The number of carbonyl (C=O) groups excluding carboxylic acids is 2. The van der Waals surface area contributed by atoms with Crippen LogP contribution in [0, 0.1) is 0 Å². The molecule has 1 unspecified atom stereocenters. The molecule has 0 aliphatic heterocycles. The second-order valence-corrected chi connectivity index (χ2v) is 17.2. The zero-order chi connectivity index (χ0) is 41.4. The standard InChI is InChI=1S/C46H82NO8P/c1-6-8-10-11-12-13-14-15-16-17-18-22-25-28-31-35-40-52-45(43-55-56(50,51)54-41-39-47(3,4)5)42-53-46(49)38-34-30-27-24-21-19-20-23-26-29-33-37-44(48)36-32-9-7-2/h19-20,24,26-27,29,33,35,37,40,45H,6-18,21-23,25,28,30-32,34,36,38-39,41-43H2,1-5H3/b20-19-,27-24-,29-26-,37-33+,40-35+/t45-/m1/s1. The third-order valence-corrected chi connectivity index (χ3v) is 10.1. The molecule has 0 aliphatic rings. The SMILES string of the molecule is CCCCCCCCCCCCCCCC/C=C/O[C@H](COC(=O)CCC/C=C\C/C=C\C/C=C\C=C\C(=O)CCCCC)COP(=O)([O-])OCC[N+](C)(C)C. The number of ether oxygens (including phenoxy) is 2. The van der Waals surface area contributed by atoms with Crippen LogP contribution in [-0.4, -0.2) is 69.8 Å². The first-order valence-corrected chi connectivity index (χ1v) is 23.5. The average Bonchev–Trinajstić information content (AvgIpc) is 3.15. The number of nitrogens with zero attached hydrogens (tertiary/aromatic N) is 1. The van der Waals surface area contributed by atoms with Crippen LogP contribution in [0.3, 0.4) is 0 Å². The van der Waals surface area contributed by atoms with Gasteiger partial charge in [-0.25, -0.2) is 0 Å². The Balaban J connectivity index is 4.42. The maximum absolute atomic E-state index is 12.5. The summed E-state index contributed by atoms with van der Waals surface area (Å²) in [5.41, 5.74) is 0. The molecule has 0 aromatic carbocycles. The second-order valence-electron chi connectivity index (χ2n) is 15.8. The van der Waals surface area contributed by atoms with Crippen LogP contribution < -0.4 is 4.89 Å². The van der Waals surface area contributed by atoms with E-state index in [0.29, 0.717) is 23.9 Å². The fourth-order valence-corrected chi connectivity index (χ4v) is 6.32. The van der Waals surface area contributed by atoms with Gasteiger partial charge in [-0.3, -0.25) is 14.2 Å². The minimum absolute atomic E-state index is 0.00713. The number of hydrogen-bond acceptors (Lipinski definition) is 8. The summed E-state index contributed by atoms with van der Waals surface area (Å²) in [6.45, 7) is 4.46. The fourth-order valence-electron chi connectivity index (χ4n) is 5.59. The molecule has 0 radical (unpaired) electrons. The van der Waals surface area contributed by atoms with Gasteiger partial charge < -0.3 is 27.9 Å². The monoisotopic (exact) mass is 808 g/mol. The number of ketones is 1. The lowest BCUT2D eigenvalue weighted by atomic mass is 10.0. The first-order valence-electron chi connectivity index (χ1n) is 22.0. The van der Waals surface area contributed by atoms with Gasteiger partial charge in [0.25, 0.3) is 7.82 Å². The molecule has 0 fully saturated rings. The van der Waals surface area contributed by atoms with Gasteiger partial charge in [0.1, 0.15) is 19.8 Å². The smallest absolute Gasteiger partial charge is 0.305 e. The molecule has 0 saturated heterocycles. The van der Waals surface area contributed by atoms with Crippen LogP contribution >= 0.6 is 7.82 Å². The molecule has 56 heavy (non-hydrogen) atoms. The summed E-state index contributed by atoms with van der Waals surface area (Å²) in [6, 6.07) is 0. The fraction of sp³-hybridized carbons (Fsp3) is 0.739. The van der Waals surface area contributed by atoms with Gasteiger partial charge in [0.15, 0.2) is 11.9 Å². The van der Waals surface area contributed by atoms with Crippen molar-refractivity contribution in [3.63, 3.8) is 0 Å². The number of allylic oxidation sites excluding steroid dienone is 9. The number of esters is 1. The number of carbonyl (C=O) groups is 2. The summed E-state index contributed by atoms with van der Waals surface area (Å²) >= 11 is 0. The van der Waals surface area contributed by atoms with Gasteiger partial charge in [-0.2, -0.15) is 0 Å². The largest absolute Gasteiger partial charge is 0.756 e. The average molecular weight is 808 g/mol. The van der Waals surface area contributed by atoms with Crippen molar-refractivity contribution in [3.8, 4) is 0 Å². The van der Waals surface area contributed by atoms with Crippen molar-refractivity contribution in [1.29, 1.82) is 0 Å². The molecular formula is C46H82NO8P. The van der Waals surface area contributed by atoms with Crippen molar-refractivity contribution in [2.75, 3.05) is 47.5 Å². The molecule has 0 bridgehead atoms. The Morgan fingerprint density at radius 1 is 0.625 bits per heavy atom. The van der Waals surface area contributed by atoms with Crippen molar-refractivity contribution < 1.29 is 42.1 Å². The molecule has 0 aromatic heterocycles. The molecule has 2 atom stereocenters. The zero-order valence-corrected chi connectivity index (χ0v) is 37.2. The van der Waals surface area contributed by atoms with Gasteiger partial charge >= 0.3 is 5.97 Å². The van der Waals surface area contributed by atoms with Crippen molar-refractivity contribution in [2.45, 2.75) is 174 Å². The Morgan fingerprint density at radius 2 is 1.18 bits per heavy atom. The van der Waals surface area contributed by atoms with E-state index in [1.54, 1.807) is 12.3 Å². The maximum Gasteiger partial charge on any atom is 0.305 e. The van der Waals surface area contributed by atoms with Gasteiger partial charge in [-0.1, -0.05) is 153 Å². The number of quaternary nitrogens is 1. The number of phosphoric acid groups is 1. The Hall–Kier alpha value is -2.29. The topological polar surface area (TPSA) is 111 Å². The van der Waals surface area contributed by atoms with Crippen molar-refractivity contribution in [1.82, 2.24) is 0 Å². The van der Waals surface area contributed by atoms with E-state index in [-0.39, 0.29) is 38.0 Å². The van der Waals surface area contributed by atoms with E-state index < -0.39 is 13.9 Å². The maximum atomic E-state index is 12.5. The van der Waals surface area contributed by atoms with Crippen LogP contribution in [0.4, 0.5) is 0 Å². The molecule has 10 heteroatoms. The highest BCUT2D eigenvalue weighted by molar-refractivity contribution is 7.45. The molecule has 0 rings (SSSR count). The van der Waals surface area contributed by atoms with Crippen LogP contribution in [0.2, 0.25) is 0 Å². The first kappa shape index (κ1) is 53.7. The lowest BCUT2D eigenvalue weighted by molar-refractivity contribution is -0.870. The van der Waals surface area contributed by atoms with Crippen LogP contribution in [0.15, 0.2) is 60.9 Å². The minimum Gasteiger partial charge on any atom is -0.756 e. The van der Waals surface area contributed by atoms with Crippen molar-refractivity contribution >= 4 is 19.6 Å². The number of likely N-dealkylation sites (N-methyl/N-ethyl adjacent to an activating group) is 1. The van der Waals surface area contributed by atoms with Crippen LogP contribution in [0.1, 0.15) is 168 Å². The van der Waals surface area contributed by atoms with E-state index in [1.165, 1.54) is 83.5 Å². The molecule has 9 nitrogen and oxygen atoms in total. The van der Waals surface area contributed by atoms with Crippen molar-refractivity contribution in [2.24, 2.45) is 0 Å². The minimum atomic E-state index is -4.54. The molecule has 0 amide bonds. The molecule has 324 valence electrons. The summed E-state index contributed by atoms with van der Waals surface area (Å²) in [5, 5.41) is 0. The zero-order valence-electron chi connectivity index (χ0n) is 36.3. The highest BCUT2D eigenvalue weighted by Gasteiger charge is 2.19. The van der Waals surface area contributed by atoms with Crippen LogP contribution in [-0.2, 0) is 32.7 Å². The normalized spacial score (nSPS) is 14.2. The Kier molecular flexibility index (Phi) is 36.7. The Morgan fingerprint density at radius 3 is 1.80 bits per heavy atom. The summed E-state index contributed by atoms with van der Waals surface area (Å²) in [6.07, 6.45) is 44.6. The molecule has 0 saturated carbocycles. The number of rotatable bonds is 40. The highest BCUT2D eigenvalue weighted by Crippen LogP contribution is 2.38. The van der Waals surface area contributed by atoms with E-state index in [1.807, 2.05) is 51.5 Å². The summed E-state index contributed by atoms with van der Waals surface area (Å²) in [7, 11) is 1.29. The second kappa shape index (κ2) is 38.2. The summed E-state index contributed by atoms with van der Waals surface area (Å²) in [5.74, 6) is -0.190. The lowest BCUT2D eigenvalue weighted by Gasteiger charge is -2.28. The van der Waals surface area contributed by atoms with Crippen LogP contribution in [0.25, 0.3) is 0 Å². The van der Waals surface area contributed by atoms with Crippen molar-refractivity contribution in [3.05, 3.63) is 60.9 Å². The van der Waals surface area contributed by atoms with E-state index >= 15 is 0 Å². The third kappa shape index (κ3) is 41.3. The molecule has 0 heterocycles. The molecular weight excluding hydrogens is 725 g/mol. The quantitative estimate of drug-likeness (QED) is 0.00879. The molecule has 0 N–H and O–H groups in total. The summed E-state index contributed by atoms with van der Waals surface area (Å²) in [4.78, 5) is 36.5. The molecule has 0 aromatic rings. The Labute approximate surface area is 343 Å². The van der Waals surface area contributed by atoms with Crippen LogP contribution in [0.5, 0.6) is 0 Å². The van der Waals surface area contributed by atoms with Gasteiger partial charge in [0.05, 0.1) is 34.0 Å². The Bertz CT molecular complexity index is 1140. The van der Waals surface area contributed by atoms with Gasteiger partial charge in [-0.15, -0.1) is 0 Å². The summed E-state index contributed by atoms with van der Waals surface area (Å²) < 4.78 is 34.2. The van der Waals surface area contributed by atoms with E-state index in [2.05, 4.69) is 32.1 Å². The first-order chi connectivity index (χ1) is 27.0. The highest BCUT2D eigenvalue weighted by atomic mass is 31.2. The number of unbranched alkanes of at least 4 members (excludes halogenated alkanes) is 17. The third-order valence-electron chi connectivity index (χ3n) is 9.14. The predicted molar refractivity (Wildman–Crippen MR) is 231 cm³/mol. The lowest BCUT2D eigenvalue weighted by Crippen LogP contribution is -2.37. The van der Waals surface area contributed by atoms with Gasteiger partial charge in [0, 0.05) is 12.8 Å². The molecule has 0 spiro atoms. The number of hydrogen-bond donors (Lipinski definition) is 0. The van der Waals surface area contributed by atoms with E-state index in [4.69, 9.17) is 18.5 Å².